The number of nitrogens with zero attached hydrogens (tertiary/aromatic N) is 1. The molecule has 0 bridgehead atoms. The predicted molar refractivity (Wildman–Crippen MR) is 90.5 cm³/mol. The molecule has 0 fully saturated rings. The van der Waals surface area contributed by atoms with Gasteiger partial charge in [0.05, 0.1) is 0 Å². The van der Waals surface area contributed by atoms with Crippen molar-refractivity contribution in [3.8, 4) is 0 Å². The first-order chi connectivity index (χ1) is 11.1. The molecule has 0 radical (unpaired) electrons. The zero-order chi connectivity index (χ0) is 18.3. The van der Waals surface area contributed by atoms with Crippen molar-refractivity contribution in [2.75, 3.05) is 6.54 Å². The van der Waals surface area contributed by atoms with Gasteiger partial charge in [-0.25, -0.2) is 8.42 Å². The molecule has 132 valence electrons. The number of aryl methyl sites for hydroxylation is 1. The number of carbonyl (C=O) groups is 2. The number of nitrogens with one attached hydrogen (secondary N) is 1. The second kappa shape index (κ2) is 8.41. The first-order valence-corrected chi connectivity index (χ1v) is 8.60. The molecule has 9 nitrogen and oxygen atoms in total. The molecule has 1 rings (SSSR count). The molecule has 0 aliphatic rings. The summed E-state index contributed by atoms with van der Waals surface area (Å²) in [6, 6.07) is 4.80. The van der Waals surface area contributed by atoms with Crippen molar-refractivity contribution in [1.82, 2.24) is 4.72 Å². The van der Waals surface area contributed by atoms with Crippen molar-refractivity contribution >= 4 is 27.0 Å². The summed E-state index contributed by atoms with van der Waals surface area (Å²) in [6.07, 6.45) is 0.374. The molecule has 0 saturated heterocycles. The number of carbonyl (C=O) groups excluding carboxylic acids is 2. The second-order valence-electron chi connectivity index (χ2n) is 5.18. The number of amides is 1. The average Bonchev–Trinajstić information content (AvgIpc) is 2.49. The van der Waals surface area contributed by atoms with E-state index in [0.29, 0.717) is 6.42 Å². The van der Waals surface area contributed by atoms with Crippen LogP contribution >= 0.6 is 0 Å². The van der Waals surface area contributed by atoms with Crippen LogP contribution in [0.1, 0.15) is 28.8 Å². The minimum Gasteiger partial charge on any atom is -0.370 e. The molecule has 0 aromatic heterocycles. The summed E-state index contributed by atoms with van der Waals surface area (Å²) in [7, 11) is -4.40. The van der Waals surface area contributed by atoms with Crippen LogP contribution in [-0.2, 0) is 14.8 Å². The van der Waals surface area contributed by atoms with E-state index in [1.165, 1.54) is 12.1 Å². The van der Waals surface area contributed by atoms with Crippen LogP contribution in [-0.4, -0.2) is 38.0 Å². The van der Waals surface area contributed by atoms with Gasteiger partial charge < -0.3 is 17.2 Å². The molecule has 1 aromatic carbocycles. The van der Waals surface area contributed by atoms with Crippen LogP contribution in [0, 0.1) is 6.92 Å². The van der Waals surface area contributed by atoms with E-state index in [1.807, 2.05) is 4.72 Å². The quantitative estimate of drug-likeness (QED) is 0.263. The van der Waals surface area contributed by atoms with E-state index in [4.69, 9.17) is 17.2 Å². The van der Waals surface area contributed by atoms with Crippen molar-refractivity contribution in [2.45, 2.75) is 25.8 Å². The maximum absolute atomic E-state index is 12.1. The number of primary amides is 1. The summed E-state index contributed by atoms with van der Waals surface area (Å²) < 4.78 is 26.3. The lowest BCUT2D eigenvalue weighted by molar-refractivity contribution is -0.119. The Balaban J connectivity index is 2.80. The molecule has 10 heteroatoms. The van der Waals surface area contributed by atoms with Crippen LogP contribution in [0.25, 0.3) is 0 Å². The lowest BCUT2D eigenvalue weighted by Gasteiger charge is -2.14. The molecule has 0 unspecified atom stereocenters. The Morgan fingerprint density at radius 2 is 1.75 bits per heavy atom. The van der Waals surface area contributed by atoms with Gasteiger partial charge >= 0.3 is 0 Å². The van der Waals surface area contributed by atoms with Gasteiger partial charge in [-0.05, 0) is 31.9 Å². The normalized spacial score (nSPS) is 12.4. The Bertz CT molecular complexity index is 724. The van der Waals surface area contributed by atoms with Crippen LogP contribution in [0.3, 0.4) is 0 Å². The number of sulfonamides is 1. The van der Waals surface area contributed by atoms with Crippen molar-refractivity contribution in [1.29, 1.82) is 0 Å². The largest absolute Gasteiger partial charge is 0.370 e. The number of aliphatic imine (C=N–C) groups is 1. The zero-order valence-electron chi connectivity index (χ0n) is 13.2. The van der Waals surface area contributed by atoms with E-state index in [1.54, 1.807) is 19.1 Å². The van der Waals surface area contributed by atoms with Crippen molar-refractivity contribution in [3.63, 3.8) is 0 Å². The summed E-state index contributed by atoms with van der Waals surface area (Å²) in [6.45, 7) is 2.01. The fraction of sp³-hybridized carbons (Fsp3) is 0.357. The van der Waals surface area contributed by atoms with E-state index in [0.717, 1.165) is 5.56 Å². The molecule has 24 heavy (non-hydrogen) atoms. The Labute approximate surface area is 140 Å². The third kappa shape index (κ3) is 5.97. The maximum atomic E-state index is 12.1. The van der Waals surface area contributed by atoms with Crippen molar-refractivity contribution in [2.24, 2.45) is 22.2 Å². The summed E-state index contributed by atoms with van der Waals surface area (Å²) in [5.74, 6) is -0.999. The first kappa shape index (κ1) is 19.6. The lowest BCUT2D eigenvalue weighted by Crippen LogP contribution is -2.46. The number of hydrogen-bond donors (Lipinski definition) is 4. The molecule has 1 atom stereocenters. The molecule has 7 N–H and O–H groups in total. The van der Waals surface area contributed by atoms with Gasteiger partial charge in [-0.15, -0.1) is 0 Å². The van der Waals surface area contributed by atoms with Crippen molar-refractivity contribution in [3.05, 3.63) is 35.4 Å². The Hall–Kier alpha value is -2.46. The van der Waals surface area contributed by atoms with Gasteiger partial charge in [-0.3, -0.25) is 14.6 Å². The standard InChI is InChI=1S/C14H21N5O4S/c1-9-4-6-10(7-5-9)13(21)24(22,23)19-11(12(15)20)3-2-8-18-14(16)17/h4-7,11,19H,2-3,8H2,1H3,(H2,15,20)(H4,16,17,18)/t11-/m0/s1. The molecular weight excluding hydrogens is 334 g/mol. The average molecular weight is 355 g/mol. The van der Waals surface area contributed by atoms with Gasteiger partial charge in [0.1, 0.15) is 6.04 Å². The number of nitrogens with two attached hydrogens (primary N) is 3. The van der Waals surface area contributed by atoms with Crippen LogP contribution in [0.15, 0.2) is 29.3 Å². The molecule has 1 aromatic rings. The highest BCUT2D eigenvalue weighted by molar-refractivity contribution is 8.05. The number of rotatable bonds is 8. The van der Waals surface area contributed by atoms with Gasteiger partial charge in [0, 0.05) is 12.1 Å². The molecule has 0 aliphatic carbocycles. The Morgan fingerprint density at radius 1 is 1.17 bits per heavy atom. The summed E-state index contributed by atoms with van der Waals surface area (Å²) in [5, 5.41) is -1.13. The molecule has 1 amide bonds. The number of hydrogen-bond acceptors (Lipinski definition) is 5. The lowest BCUT2D eigenvalue weighted by atomic mass is 10.1. The smallest absolute Gasteiger partial charge is 0.291 e. The van der Waals surface area contributed by atoms with Gasteiger partial charge in [-0.1, -0.05) is 17.7 Å². The summed E-state index contributed by atoms with van der Waals surface area (Å²) in [5.41, 5.74) is 16.4. The first-order valence-electron chi connectivity index (χ1n) is 7.11. The number of benzene rings is 1. The third-order valence-electron chi connectivity index (χ3n) is 3.12. The monoisotopic (exact) mass is 355 g/mol. The van der Waals surface area contributed by atoms with Crippen LogP contribution < -0.4 is 21.9 Å². The highest BCUT2D eigenvalue weighted by Gasteiger charge is 2.29. The summed E-state index contributed by atoms with van der Waals surface area (Å²) in [4.78, 5) is 27.2. The van der Waals surface area contributed by atoms with Gasteiger partial charge in [0.25, 0.3) is 15.1 Å². The fourth-order valence-corrected chi connectivity index (χ4v) is 3.01. The van der Waals surface area contributed by atoms with Gasteiger partial charge in [0.2, 0.25) is 5.91 Å². The Kier molecular flexibility index (Phi) is 6.86. The minimum atomic E-state index is -4.40. The van der Waals surface area contributed by atoms with Crippen molar-refractivity contribution < 1.29 is 18.0 Å². The second-order valence-corrected chi connectivity index (χ2v) is 6.79. The third-order valence-corrected chi connectivity index (χ3v) is 4.44. The SMILES string of the molecule is Cc1ccc(C(=O)S(=O)(=O)N[C@@H](CCCN=C(N)N)C(N)=O)cc1. The fourth-order valence-electron chi connectivity index (χ4n) is 1.85. The van der Waals surface area contributed by atoms with E-state index in [-0.39, 0.29) is 24.5 Å². The molecule has 0 spiro atoms. The molecule has 0 heterocycles. The predicted octanol–water partition coefficient (Wildman–Crippen LogP) is -1.04. The topological polar surface area (TPSA) is 171 Å². The summed E-state index contributed by atoms with van der Waals surface area (Å²) >= 11 is 0. The van der Waals surface area contributed by atoms with Crippen LogP contribution in [0.5, 0.6) is 0 Å². The van der Waals surface area contributed by atoms with E-state index >= 15 is 0 Å². The van der Waals surface area contributed by atoms with E-state index in [2.05, 4.69) is 4.99 Å². The van der Waals surface area contributed by atoms with Crippen LogP contribution in [0.2, 0.25) is 0 Å². The molecule has 0 aliphatic heterocycles. The molecule has 0 saturated carbocycles. The Morgan fingerprint density at radius 3 is 2.25 bits per heavy atom. The van der Waals surface area contributed by atoms with Crippen LogP contribution in [0.4, 0.5) is 0 Å². The maximum Gasteiger partial charge on any atom is 0.291 e. The highest BCUT2D eigenvalue weighted by Crippen LogP contribution is 2.09. The minimum absolute atomic E-state index is 0.00294. The van der Waals surface area contributed by atoms with Gasteiger partial charge in [-0.2, -0.15) is 4.72 Å². The van der Waals surface area contributed by atoms with Gasteiger partial charge in [0.15, 0.2) is 5.96 Å². The highest BCUT2D eigenvalue weighted by atomic mass is 32.2. The molecular formula is C14H21N5O4S. The van der Waals surface area contributed by atoms with E-state index in [9.17, 15) is 18.0 Å². The number of guanidine groups is 1. The zero-order valence-corrected chi connectivity index (χ0v) is 14.0. The van der Waals surface area contributed by atoms with E-state index < -0.39 is 27.1 Å².